The minimum absolute atomic E-state index is 0.549. The highest BCUT2D eigenvalue weighted by atomic mass is 16.5. The first kappa shape index (κ1) is 11.3. The molecule has 0 spiro atoms. The standard InChI is InChI=1S/C14H13NO2/c1-10-13(4-3-7-15-10)11-5-6-14(17-2)12(8-11)9-16/h3-9H,1-2H3. The minimum Gasteiger partial charge on any atom is -0.496 e. The summed E-state index contributed by atoms with van der Waals surface area (Å²) in [7, 11) is 1.55. The van der Waals surface area contributed by atoms with E-state index in [9.17, 15) is 4.79 Å². The highest BCUT2D eigenvalue weighted by Crippen LogP contribution is 2.26. The molecule has 1 heterocycles. The summed E-state index contributed by atoms with van der Waals surface area (Å²) in [4.78, 5) is 15.2. The smallest absolute Gasteiger partial charge is 0.153 e. The average Bonchev–Trinajstić information content (AvgIpc) is 2.38. The maximum atomic E-state index is 11.0. The topological polar surface area (TPSA) is 39.2 Å². The normalized spacial score (nSPS) is 10.0. The second-order valence-corrected chi connectivity index (χ2v) is 3.71. The molecular formula is C14H13NO2. The predicted octanol–water partition coefficient (Wildman–Crippen LogP) is 2.88. The second kappa shape index (κ2) is 4.78. The van der Waals surface area contributed by atoms with Crippen LogP contribution in [0.5, 0.6) is 5.75 Å². The summed E-state index contributed by atoms with van der Waals surface area (Å²) in [5.41, 5.74) is 3.49. The van der Waals surface area contributed by atoms with E-state index >= 15 is 0 Å². The zero-order valence-electron chi connectivity index (χ0n) is 9.81. The molecule has 86 valence electrons. The molecule has 0 bridgehead atoms. The summed E-state index contributed by atoms with van der Waals surface area (Å²) >= 11 is 0. The number of carbonyl (C=O) groups is 1. The molecule has 3 heteroatoms. The quantitative estimate of drug-likeness (QED) is 0.757. The van der Waals surface area contributed by atoms with Gasteiger partial charge in [0.25, 0.3) is 0 Å². The number of benzene rings is 1. The Morgan fingerprint density at radius 2 is 2.12 bits per heavy atom. The van der Waals surface area contributed by atoms with E-state index in [0.717, 1.165) is 23.1 Å². The van der Waals surface area contributed by atoms with Crippen LogP contribution in [0, 0.1) is 6.92 Å². The van der Waals surface area contributed by atoms with Crippen molar-refractivity contribution in [3.63, 3.8) is 0 Å². The van der Waals surface area contributed by atoms with Crippen LogP contribution in [0.1, 0.15) is 16.1 Å². The van der Waals surface area contributed by atoms with Crippen molar-refractivity contribution in [2.24, 2.45) is 0 Å². The first-order chi connectivity index (χ1) is 8.26. The summed E-state index contributed by atoms with van der Waals surface area (Å²) in [6.45, 7) is 1.94. The van der Waals surface area contributed by atoms with E-state index in [1.54, 1.807) is 19.4 Å². The molecule has 1 aromatic heterocycles. The van der Waals surface area contributed by atoms with Gasteiger partial charge in [0.1, 0.15) is 5.75 Å². The summed E-state index contributed by atoms with van der Waals surface area (Å²) in [6.07, 6.45) is 2.55. The summed E-state index contributed by atoms with van der Waals surface area (Å²) < 4.78 is 5.11. The van der Waals surface area contributed by atoms with Crippen molar-refractivity contribution in [1.29, 1.82) is 0 Å². The zero-order chi connectivity index (χ0) is 12.3. The Morgan fingerprint density at radius 1 is 1.29 bits per heavy atom. The van der Waals surface area contributed by atoms with Gasteiger partial charge in [-0.3, -0.25) is 9.78 Å². The molecule has 1 aromatic carbocycles. The van der Waals surface area contributed by atoms with Crippen LogP contribution < -0.4 is 4.74 Å². The number of nitrogens with zero attached hydrogens (tertiary/aromatic N) is 1. The molecule has 0 radical (unpaired) electrons. The summed E-state index contributed by atoms with van der Waals surface area (Å²) in [5.74, 6) is 0.588. The van der Waals surface area contributed by atoms with Gasteiger partial charge in [0.2, 0.25) is 0 Å². The van der Waals surface area contributed by atoms with Crippen LogP contribution in [0.4, 0.5) is 0 Å². The molecule has 0 aliphatic heterocycles. The Bertz CT molecular complexity index is 550. The second-order valence-electron chi connectivity index (χ2n) is 3.71. The third-order valence-electron chi connectivity index (χ3n) is 2.67. The predicted molar refractivity (Wildman–Crippen MR) is 66.3 cm³/mol. The third kappa shape index (κ3) is 2.18. The van der Waals surface area contributed by atoms with Crippen LogP contribution in [0.3, 0.4) is 0 Å². The van der Waals surface area contributed by atoms with Gasteiger partial charge in [0.15, 0.2) is 6.29 Å². The van der Waals surface area contributed by atoms with Crippen LogP contribution in [0.15, 0.2) is 36.5 Å². The number of aldehydes is 1. The Kier molecular flexibility index (Phi) is 3.19. The first-order valence-electron chi connectivity index (χ1n) is 5.31. The average molecular weight is 227 g/mol. The van der Waals surface area contributed by atoms with E-state index in [1.807, 2.05) is 31.2 Å². The zero-order valence-corrected chi connectivity index (χ0v) is 9.81. The Balaban J connectivity index is 2.54. The van der Waals surface area contributed by atoms with E-state index < -0.39 is 0 Å². The fourth-order valence-corrected chi connectivity index (χ4v) is 1.78. The fraction of sp³-hybridized carbons (Fsp3) is 0.143. The number of carbonyl (C=O) groups excluding carboxylic acids is 1. The van der Waals surface area contributed by atoms with Gasteiger partial charge in [-0.25, -0.2) is 0 Å². The van der Waals surface area contributed by atoms with E-state index in [-0.39, 0.29) is 0 Å². The molecule has 0 saturated heterocycles. The molecule has 0 aliphatic rings. The molecule has 0 fully saturated rings. The van der Waals surface area contributed by atoms with Gasteiger partial charge >= 0.3 is 0 Å². The van der Waals surface area contributed by atoms with Gasteiger partial charge in [0.05, 0.1) is 12.7 Å². The maximum Gasteiger partial charge on any atom is 0.153 e. The molecule has 3 nitrogen and oxygen atoms in total. The number of aromatic nitrogens is 1. The van der Waals surface area contributed by atoms with Crippen molar-refractivity contribution in [3.8, 4) is 16.9 Å². The number of rotatable bonds is 3. The van der Waals surface area contributed by atoms with Gasteiger partial charge < -0.3 is 4.74 Å². The number of aryl methyl sites for hydroxylation is 1. The third-order valence-corrected chi connectivity index (χ3v) is 2.67. The minimum atomic E-state index is 0.549. The van der Waals surface area contributed by atoms with Crippen molar-refractivity contribution in [3.05, 3.63) is 47.8 Å². The monoisotopic (exact) mass is 227 g/mol. The first-order valence-corrected chi connectivity index (χ1v) is 5.31. The summed E-state index contributed by atoms with van der Waals surface area (Å²) in [6, 6.07) is 9.41. The number of hydrogen-bond donors (Lipinski definition) is 0. The highest BCUT2D eigenvalue weighted by molar-refractivity contribution is 5.83. The Morgan fingerprint density at radius 3 is 2.76 bits per heavy atom. The van der Waals surface area contributed by atoms with Gasteiger partial charge in [-0.1, -0.05) is 12.1 Å². The summed E-state index contributed by atoms with van der Waals surface area (Å²) in [5, 5.41) is 0. The molecule has 0 saturated carbocycles. The molecule has 17 heavy (non-hydrogen) atoms. The van der Waals surface area contributed by atoms with Crippen molar-refractivity contribution in [2.45, 2.75) is 6.92 Å². The lowest BCUT2D eigenvalue weighted by Gasteiger charge is -2.08. The number of ether oxygens (including phenoxy) is 1. The molecule has 0 unspecified atom stereocenters. The molecule has 2 rings (SSSR count). The van der Waals surface area contributed by atoms with Crippen molar-refractivity contribution in [1.82, 2.24) is 4.98 Å². The number of hydrogen-bond acceptors (Lipinski definition) is 3. The lowest BCUT2D eigenvalue weighted by molar-refractivity contribution is 0.112. The maximum absolute atomic E-state index is 11.0. The van der Waals surface area contributed by atoms with Crippen molar-refractivity contribution >= 4 is 6.29 Å². The largest absolute Gasteiger partial charge is 0.496 e. The van der Waals surface area contributed by atoms with E-state index in [2.05, 4.69) is 4.98 Å². The van der Waals surface area contributed by atoms with Gasteiger partial charge in [-0.05, 0) is 30.7 Å². The van der Waals surface area contributed by atoms with E-state index in [1.165, 1.54) is 0 Å². The van der Waals surface area contributed by atoms with Gasteiger partial charge in [-0.15, -0.1) is 0 Å². The number of pyridine rings is 1. The fourth-order valence-electron chi connectivity index (χ4n) is 1.78. The molecule has 0 amide bonds. The van der Waals surface area contributed by atoms with Crippen LogP contribution in [-0.4, -0.2) is 18.4 Å². The van der Waals surface area contributed by atoms with Crippen LogP contribution >= 0.6 is 0 Å². The van der Waals surface area contributed by atoms with Crippen LogP contribution in [0.25, 0.3) is 11.1 Å². The van der Waals surface area contributed by atoms with Crippen molar-refractivity contribution in [2.75, 3.05) is 7.11 Å². The van der Waals surface area contributed by atoms with Gasteiger partial charge in [-0.2, -0.15) is 0 Å². The van der Waals surface area contributed by atoms with Crippen molar-refractivity contribution < 1.29 is 9.53 Å². The van der Waals surface area contributed by atoms with E-state index in [0.29, 0.717) is 11.3 Å². The highest BCUT2D eigenvalue weighted by Gasteiger charge is 2.06. The van der Waals surface area contributed by atoms with Gasteiger partial charge in [0, 0.05) is 17.5 Å². The molecule has 0 aliphatic carbocycles. The molecule has 0 atom stereocenters. The van der Waals surface area contributed by atoms with Crippen LogP contribution in [-0.2, 0) is 0 Å². The molecular weight excluding hydrogens is 214 g/mol. The Labute approximate surface area is 100 Å². The lowest BCUT2D eigenvalue weighted by atomic mass is 10.0. The Hall–Kier alpha value is -2.16. The van der Waals surface area contributed by atoms with Crippen LogP contribution in [0.2, 0.25) is 0 Å². The lowest BCUT2D eigenvalue weighted by Crippen LogP contribution is -1.92. The molecule has 0 N–H and O–H groups in total. The van der Waals surface area contributed by atoms with E-state index in [4.69, 9.17) is 4.74 Å². The number of methoxy groups -OCH3 is 1. The molecule has 2 aromatic rings. The SMILES string of the molecule is COc1ccc(-c2cccnc2C)cc1C=O.